The Hall–Kier alpha value is -2.06. The van der Waals surface area contributed by atoms with E-state index in [1.54, 1.807) is 45.2 Å². The molecule has 0 aliphatic heterocycles. The maximum atomic E-state index is 12.9. The molecule has 1 aromatic carbocycles. The number of nitrogens with zero attached hydrogens (tertiary/aromatic N) is 4. The Labute approximate surface area is 144 Å². The SMILES string of the molecule is CCOP(=O)(OCC)C(O)c1cc2cc(OC)ccc2n2nnnc12. The molecule has 0 spiro atoms. The van der Waals surface area contributed by atoms with Gasteiger partial charge < -0.3 is 18.9 Å². The molecular formula is C15H19N4O5P. The van der Waals surface area contributed by atoms with Crippen LogP contribution in [-0.4, -0.2) is 45.5 Å². The number of rotatable bonds is 7. The molecule has 2 aromatic heterocycles. The lowest BCUT2D eigenvalue weighted by Crippen LogP contribution is -2.08. The van der Waals surface area contributed by atoms with E-state index in [4.69, 9.17) is 13.8 Å². The lowest BCUT2D eigenvalue weighted by atomic mass is 10.1. The van der Waals surface area contributed by atoms with Crippen LogP contribution in [0.25, 0.3) is 16.6 Å². The van der Waals surface area contributed by atoms with E-state index in [1.165, 1.54) is 4.52 Å². The van der Waals surface area contributed by atoms with E-state index >= 15 is 0 Å². The molecule has 0 bridgehead atoms. The molecule has 3 rings (SSSR count). The quantitative estimate of drug-likeness (QED) is 0.636. The van der Waals surface area contributed by atoms with Gasteiger partial charge in [-0.3, -0.25) is 4.57 Å². The third-order valence-electron chi connectivity index (χ3n) is 3.70. The van der Waals surface area contributed by atoms with Gasteiger partial charge in [0.25, 0.3) is 0 Å². The molecule has 25 heavy (non-hydrogen) atoms. The van der Waals surface area contributed by atoms with E-state index in [2.05, 4.69) is 15.5 Å². The second-order valence-corrected chi connectivity index (χ2v) is 7.27. The van der Waals surface area contributed by atoms with Crippen LogP contribution in [-0.2, 0) is 13.6 Å². The van der Waals surface area contributed by atoms with Gasteiger partial charge in [0.2, 0.25) is 0 Å². The summed E-state index contributed by atoms with van der Waals surface area (Å²) >= 11 is 0. The lowest BCUT2D eigenvalue weighted by molar-refractivity contribution is 0.150. The molecule has 10 heteroatoms. The second-order valence-electron chi connectivity index (χ2n) is 5.19. The number of ether oxygens (including phenoxy) is 1. The zero-order valence-electron chi connectivity index (χ0n) is 14.1. The number of aliphatic hydroxyl groups excluding tert-OH is 1. The molecule has 1 atom stereocenters. The number of methoxy groups -OCH3 is 1. The standard InChI is InChI=1S/C15H19N4O5P/c1-4-23-25(21,24-5-2)15(20)12-9-10-8-11(22-3)6-7-13(10)19-14(12)16-17-18-19/h6-9,15,20H,4-5H2,1-3H3. The second kappa shape index (κ2) is 7.05. The topological polar surface area (TPSA) is 108 Å². The van der Waals surface area contributed by atoms with Crippen molar-refractivity contribution < 1.29 is 23.5 Å². The fraction of sp³-hybridized carbons (Fsp3) is 0.400. The van der Waals surface area contributed by atoms with Gasteiger partial charge in [0.1, 0.15) is 5.75 Å². The number of aliphatic hydroxyl groups is 1. The van der Waals surface area contributed by atoms with Crippen molar-refractivity contribution >= 4 is 24.1 Å². The van der Waals surface area contributed by atoms with Gasteiger partial charge in [-0.1, -0.05) is 0 Å². The van der Waals surface area contributed by atoms with Crippen molar-refractivity contribution in [2.24, 2.45) is 0 Å². The number of hydrogen-bond acceptors (Lipinski definition) is 8. The Morgan fingerprint density at radius 2 is 1.96 bits per heavy atom. The fourth-order valence-corrected chi connectivity index (χ4v) is 4.24. The Morgan fingerprint density at radius 1 is 1.24 bits per heavy atom. The number of fused-ring (bicyclic) bond motifs is 3. The van der Waals surface area contributed by atoms with Crippen LogP contribution in [0.1, 0.15) is 25.3 Å². The number of benzene rings is 1. The molecule has 0 saturated carbocycles. The summed E-state index contributed by atoms with van der Waals surface area (Å²) in [5.74, 6) is -0.880. The third kappa shape index (κ3) is 3.11. The van der Waals surface area contributed by atoms with Gasteiger partial charge in [0, 0.05) is 10.9 Å². The molecule has 1 N–H and O–H groups in total. The van der Waals surface area contributed by atoms with Crippen LogP contribution >= 0.6 is 7.60 Å². The van der Waals surface area contributed by atoms with Crippen molar-refractivity contribution in [2.45, 2.75) is 19.7 Å². The van der Waals surface area contributed by atoms with Crippen LogP contribution in [0.15, 0.2) is 24.3 Å². The monoisotopic (exact) mass is 366 g/mol. The van der Waals surface area contributed by atoms with Crippen molar-refractivity contribution in [3.8, 4) is 5.75 Å². The Balaban J connectivity index is 2.22. The lowest BCUT2D eigenvalue weighted by Gasteiger charge is -2.22. The van der Waals surface area contributed by atoms with Crippen LogP contribution in [0.5, 0.6) is 5.75 Å². The summed E-state index contributed by atoms with van der Waals surface area (Å²) in [6.07, 6.45) is 0. The van der Waals surface area contributed by atoms with E-state index < -0.39 is 13.4 Å². The van der Waals surface area contributed by atoms with E-state index in [1.807, 2.05) is 0 Å². The molecule has 134 valence electrons. The van der Waals surface area contributed by atoms with Gasteiger partial charge in [0.15, 0.2) is 11.5 Å². The van der Waals surface area contributed by atoms with Gasteiger partial charge in [-0.05, 0) is 48.5 Å². The van der Waals surface area contributed by atoms with Crippen LogP contribution in [0.4, 0.5) is 0 Å². The van der Waals surface area contributed by atoms with Crippen molar-refractivity contribution in [3.05, 3.63) is 29.8 Å². The first kappa shape index (κ1) is 17.8. The summed E-state index contributed by atoms with van der Waals surface area (Å²) in [6, 6.07) is 7.03. The van der Waals surface area contributed by atoms with Crippen molar-refractivity contribution in [2.75, 3.05) is 20.3 Å². The van der Waals surface area contributed by atoms with E-state index in [0.29, 0.717) is 11.1 Å². The molecule has 3 aromatic rings. The molecular weight excluding hydrogens is 347 g/mol. The summed E-state index contributed by atoms with van der Waals surface area (Å²) < 4.78 is 30.1. The molecule has 0 saturated heterocycles. The molecule has 0 aliphatic rings. The smallest absolute Gasteiger partial charge is 0.363 e. The predicted octanol–water partition coefficient (Wildman–Crippen LogP) is 2.54. The highest BCUT2D eigenvalue weighted by Crippen LogP contribution is 2.60. The fourth-order valence-electron chi connectivity index (χ4n) is 2.63. The Bertz CT molecular complexity index is 934. The molecule has 1 unspecified atom stereocenters. The highest BCUT2D eigenvalue weighted by molar-refractivity contribution is 7.54. The van der Waals surface area contributed by atoms with E-state index in [-0.39, 0.29) is 24.4 Å². The Morgan fingerprint density at radius 3 is 2.60 bits per heavy atom. The number of hydrogen-bond donors (Lipinski definition) is 1. The minimum Gasteiger partial charge on any atom is -0.497 e. The highest BCUT2D eigenvalue weighted by Gasteiger charge is 2.37. The van der Waals surface area contributed by atoms with E-state index in [9.17, 15) is 9.67 Å². The molecule has 0 fully saturated rings. The average molecular weight is 366 g/mol. The summed E-state index contributed by atoms with van der Waals surface area (Å²) in [6.45, 7) is 3.63. The highest BCUT2D eigenvalue weighted by atomic mass is 31.2. The van der Waals surface area contributed by atoms with Crippen molar-refractivity contribution in [1.29, 1.82) is 0 Å². The Kier molecular flexibility index (Phi) is 5.01. The van der Waals surface area contributed by atoms with Gasteiger partial charge in [0.05, 0.1) is 25.8 Å². The van der Waals surface area contributed by atoms with Crippen LogP contribution in [0.2, 0.25) is 0 Å². The van der Waals surface area contributed by atoms with Crippen LogP contribution in [0.3, 0.4) is 0 Å². The molecule has 9 nitrogen and oxygen atoms in total. The number of tetrazole rings is 1. The molecule has 0 aliphatic carbocycles. The summed E-state index contributed by atoms with van der Waals surface area (Å²) in [5, 5.41) is 23.0. The zero-order valence-corrected chi connectivity index (χ0v) is 15.0. The summed E-state index contributed by atoms with van der Waals surface area (Å²) in [5.41, 5.74) is 1.26. The van der Waals surface area contributed by atoms with Crippen molar-refractivity contribution in [3.63, 3.8) is 0 Å². The third-order valence-corrected chi connectivity index (χ3v) is 5.81. The van der Waals surface area contributed by atoms with Crippen molar-refractivity contribution in [1.82, 2.24) is 20.0 Å². The first-order valence-corrected chi connectivity index (χ1v) is 9.40. The van der Waals surface area contributed by atoms with Crippen LogP contribution in [0, 0.1) is 0 Å². The number of pyridine rings is 1. The van der Waals surface area contributed by atoms with Gasteiger partial charge in [-0.25, -0.2) is 0 Å². The van der Waals surface area contributed by atoms with Gasteiger partial charge >= 0.3 is 7.60 Å². The largest absolute Gasteiger partial charge is 0.497 e. The molecule has 0 radical (unpaired) electrons. The van der Waals surface area contributed by atoms with E-state index in [0.717, 1.165) is 5.52 Å². The zero-order chi connectivity index (χ0) is 18.0. The maximum absolute atomic E-state index is 12.9. The number of aromatic nitrogens is 4. The predicted molar refractivity (Wildman–Crippen MR) is 90.7 cm³/mol. The minimum absolute atomic E-state index is 0.136. The summed E-state index contributed by atoms with van der Waals surface area (Å²) in [7, 11) is -2.23. The van der Waals surface area contributed by atoms with Crippen LogP contribution < -0.4 is 4.74 Å². The molecule has 0 amide bonds. The van der Waals surface area contributed by atoms with Gasteiger partial charge in [-0.2, -0.15) is 4.52 Å². The van der Waals surface area contributed by atoms with Gasteiger partial charge in [-0.15, -0.1) is 5.10 Å². The summed E-state index contributed by atoms with van der Waals surface area (Å²) in [4.78, 5) is 0. The maximum Gasteiger partial charge on any atom is 0.363 e. The normalized spacial score (nSPS) is 13.4. The average Bonchev–Trinajstić information content (AvgIpc) is 3.10. The molecule has 2 heterocycles. The minimum atomic E-state index is -3.79. The first-order chi connectivity index (χ1) is 12.0. The first-order valence-electron chi connectivity index (χ1n) is 7.79.